The maximum atomic E-state index is 12.3. The third-order valence-electron chi connectivity index (χ3n) is 3.47. The van der Waals surface area contributed by atoms with Crippen LogP contribution >= 0.6 is 0 Å². The summed E-state index contributed by atoms with van der Waals surface area (Å²) in [5.41, 5.74) is 4.15. The van der Waals surface area contributed by atoms with Gasteiger partial charge in [-0.2, -0.15) is 0 Å². The second-order valence-electron chi connectivity index (χ2n) is 5.33. The van der Waals surface area contributed by atoms with E-state index in [9.17, 15) is 14.4 Å². The maximum absolute atomic E-state index is 12.3. The van der Waals surface area contributed by atoms with E-state index in [4.69, 9.17) is 10.8 Å². The van der Waals surface area contributed by atoms with E-state index in [2.05, 4.69) is 10.6 Å². The van der Waals surface area contributed by atoms with Crippen molar-refractivity contribution in [3.8, 4) is 0 Å². The molecule has 2 amide bonds. The molecule has 20 heavy (non-hydrogen) atoms. The number of nitrogens with zero attached hydrogens (tertiary/aromatic N) is 1. The molecule has 5 N–H and O–H groups in total. The van der Waals surface area contributed by atoms with Crippen LogP contribution in [-0.4, -0.2) is 65.5 Å². The summed E-state index contributed by atoms with van der Waals surface area (Å²) < 4.78 is 0. The Balaban J connectivity index is 2.70. The van der Waals surface area contributed by atoms with Gasteiger partial charge in [-0.3, -0.25) is 14.5 Å². The Hall–Kier alpha value is -1.67. The fraction of sp³-hybridized carbons (Fsp3) is 0.750. The Bertz CT molecular complexity index is 391. The fourth-order valence-electron chi connectivity index (χ4n) is 2.10. The third kappa shape index (κ3) is 4.17. The Morgan fingerprint density at radius 3 is 2.35 bits per heavy atom. The number of primary amides is 1. The van der Waals surface area contributed by atoms with Crippen molar-refractivity contribution in [1.82, 2.24) is 15.5 Å². The van der Waals surface area contributed by atoms with Crippen molar-refractivity contribution in [1.29, 1.82) is 0 Å². The molecule has 0 bridgehead atoms. The van der Waals surface area contributed by atoms with Gasteiger partial charge in [0, 0.05) is 26.2 Å². The van der Waals surface area contributed by atoms with E-state index in [-0.39, 0.29) is 0 Å². The van der Waals surface area contributed by atoms with Crippen molar-refractivity contribution in [2.75, 3.05) is 26.2 Å². The van der Waals surface area contributed by atoms with Crippen LogP contribution in [0.3, 0.4) is 0 Å². The number of hydrogen-bond donors (Lipinski definition) is 4. The number of carbonyl (C=O) groups excluding carboxylic acids is 2. The van der Waals surface area contributed by atoms with Crippen LogP contribution in [0.2, 0.25) is 0 Å². The van der Waals surface area contributed by atoms with Crippen LogP contribution in [-0.2, 0) is 14.4 Å². The Labute approximate surface area is 117 Å². The van der Waals surface area contributed by atoms with Gasteiger partial charge in [0.25, 0.3) is 0 Å². The number of hydrogen-bond acceptors (Lipinski definition) is 5. The predicted molar refractivity (Wildman–Crippen MR) is 71.9 cm³/mol. The largest absolute Gasteiger partial charge is 0.480 e. The van der Waals surface area contributed by atoms with E-state index in [1.54, 1.807) is 13.8 Å². The van der Waals surface area contributed by atoms with Crippen molar-refractivity contribution in [2.45, 2.75) is 31.8 Å². The van der Waals surface area contributed by atoms with Crippen LogP contribution in [0.25, 0.3) is 0 Å². The number of piperazine rings is 1. The first-order valence-corrected chi connectivity index (χ1v) is 6.53. The minimum Gasteiger partial charge on any atom is -0.480 e. The van der Waals surface area contributed by atoms with Crippen LogP contribution < -0.4 is 16.4 Å². The molecule has 0 spiro atoms. The topological polar surface area (TPSA) is 125 Å². The number of amides is 2. The lowest BCUT2D eigenvalue weighted by molar-refractivity contribution is -0.145. The predicted octanol–water partition coefficient (Wildman–Crippen LogP) is -1.88. The Kier molecular flexibility index (Phi) is 5.46. The summed E-state index contributed by atoms with van der Waals surface area (Å²) in [6.45, 7) is 6.43. The molecule has 0 radical (unpaired) electrons. The SMILES string of the molecule is CC(C)(C(=O)NC(CC(N)=O)C(=O)O)N1CCNCC1. The van der Waals surface area contributed by atoms with Gasteiger partial charge in [-0.15, -0.1) is 0 Å². The molecule has 1 heterocycles. The first-order valence-electron chi connectivity index (χ1n) is 6.53. The van der Waals surface area contributed by atoms with Gasteiger partial charge in [0.05, 0.1) is 12.0 Å². The van der Waals surface area contributed by atoms with Gasteiger partial charge in [0.1, 0.15) is 6.04 Å². The highest BCUT2D eigenvalue weighted by Crippen LogP contribution is 2.15. The van der Waals surface area contributed by atoms with Crippen LogP contribution in [0.1, 0.15) is 20.3 Å². The van der Waals surface area contributed by atoms with Crippen molar-refractivity contribution in [3.63, 3.8) is 0 Å². The zero-order valence-corrected chi connectivity index (χ0v) is 11.8. The molecule has 1 fully saturated rings. The molecule has 8 nitrogen and oxygen atoms in total. The minimum absolute atomic E-state index is 0.418. The van der Waals surface area contributed by atoms with Crippen LogP contribution in [0, 0.1) is 0 Å². The molecular formula is C12H22N4O4. The van der Waals surface area contributed by atoms with Gasteiger partial charge < -0.3 is 21.5 Å². The Morgan fingerprint density at radius 1 is 1.35 bits per heavy atom. The molecule has 114 valence electrons. The highest BCUT2D eigenvalue weighted by atomic mass is 16.4. The van der Waals surface area contributed by atoms with Gasteiger partial charge >= 0.3 is 5.97 Å². The highest BCUT2D eigenvalue weighted by Gasteiger charge is 2.37. The molecule has 0 aromatic rings. The molecule has 1 saturated heterocycles. The lowest BCUT2D eigenvalue weighted by Crippen LogP contribution is -2.61. The molecule has 1 aliphatic heterocycles. The van der Waals surface area contributed by atoms with Gasteiger partial charge in [0.2, 0.25) is 11.8 Å². The lowest BCUT2D eigenvalue weighted by Gasteiger charge is -2.40. The maximum Gasteiger partial charge on any atom is 0.326 e. The summed E-state index contributed by atoms with van der Waals surface area (Å²) in [6, 6.07) is -1.29. The summed E-state index contributed by atoms with van der Waals surface area (Å²) in [5.74, 6) is -2.46. The van der Waals surface area contributed by atoms with Gasteiger partial charge in [-0.1, -0.05) is 0 Å². The van der Waals surface area contributed by atoms with E-state index < -0.39 is 35.8 Å². The normalized spacial score (nSPS) is 18.3. The second kappa shape index (κ2) is 6.67. The average Bonchev–Trinajstić information content (AvgIpc) is 2.38. The zero-order chi connectivity index (χ0) is 15.3. The number of nitrogens with two attached hydrogens (primary N) is 1. The fourth-order valence-corrected chi connectivity index (χ4v) is 2.10. The van der Waals surface area contributed by atoms with Crippen LogP contribution in [0.4, 0.5) is 0 Å². The molecule has 0 saturated carbocycles. The molecule has 1 aliphatic rings. The van der Waals surface area contributed by atoms with Crippen molar-refractivity contribution >= 4 is 17.8 Å². The molecule has 1 unspecified atom stereocenters. The van der Waals surface area contributed by atoms with Crippen molar-refractivity contribution in [3.05, 3.63) is 0 Å². The minimum atomic E-state index is -1.29. The second-order valence-corrected chi connectivity index (χ2v) is 5.33. The number of aliphatic carboxylic acids is 1. The molecule has 8 heteroatoms. The molecule has 0 aromatic carbocycles. The summed E-state index contributed by atoms with van der Waals surface area (Å²) in [4.78, 5) is 36.1. The molecule has 0 aliphatic carbocycles. The van der Waals surface area contributed by atoms with E-state index in [0.29, 0.717) is 13.1 Å². The van der Waals surface area contributed by atoms with E-state index in [0.717, 1.165) is 13.1 Å². The van der Waals surface area contributed by atoms with E-state index in [1.165, 1.54) is 0 Å². The van der Waals surface area contributed by atoms with Crippen LogP contribution in [0.5, 0.6) is 0 Å². The van der Waals surface area contributed by atoms with E-state index in [1.807, 2.05) is 4.90 Å². The van der Waals surface area contributed by atoms with Gasteiger partial charge in [-0.05, 0) is 13.8 Å². The van der Waals surface area contributed by atoms with Crippen LogP contribution in [0.15, 0.2) is 0 Å². The zero-order valence-electron chi connectivity index (χ0n) is 11.8. The van der Waals surface area contributed by atoms with Gasteiger partial charge in [-0.25, -0.2) is 4.79 Å². The number of rotatable bonds is 6. The number of carbonyl (C=O) groups is 3. The first-order chi connectivity index (χ1) is 9.25. The van der Waals surface area contributed by atoms with E-state index >= 15 is 0 Å². The van der Waals surface area contributed by atoms with Gasteiger partial charge in [0.15, 0.2) is 0 Å². The monoisotopic (exact) mass is 286 g/mol. The van der Waals surface area contributed by atoms with Crippen molar-refractivity contribution < 1.29 is 19.5 Å². The summed E-state index contributed by atoms with van der Waals surface area (Å²) in [6.07, 6.45) is -0.418. The molecule has 1 atom stereocenters. The third-order valence-corrected chi connectivity index (χ3v) is 3.47. The number of carboxylic acid groups (broad SMARTS) is 1. The molecular weight excluding hydrogens is 264 g/mol. The lowest BCUT2D eigenvalue weighted by atomic mass is 9.99. The standard InChI is InChI=1S/C12H22N4O4/c1-12(2,16-5-3-14-4-6-16)11(20)15-8(10(18)19)7-9(13)17/h8,14H,3-7H2,1-2H3,(H2,13,17)(H,15,20)(H,18,19). The number of nitrogens with one attached hydrogen (secondary N) is 2. The quantitative estimate of drug-likeness (QED) is 0.453. The average molecular weight is 286 g/mol. The number of carboxylic acids is 1. The highest BCUT2D eigenvalue weighted by molar-refractivity contribution is 5.91. The smallest absolute Gasteiger partial charge is 0.326 e. The summed E-state index contributed by atoms with van der Waals surface area (Å²) in [5, 5.41) is 14.6. The summed E-state index contributed by atoms with van der Waals surface area (Å²) in [7, 11) is 0. The molecule has 1 rings (SSSR count). The summed E-state index contributed by atoms with van der Waals surface area (Å²) >= 11 is 0. The first kappa shape index (κ1) is 16.4. The molecule has 0 aromatic heterocycles. The Morgan fingerprint density at radius 2 is 1.90 bits per heavy atom. The van der Waals surface area contributed by atoms with Crippen molar-refractivity contribution in [2.24, 2.45) is 5.73 Å².